The molecule has 3 rings (SSSR count). The number of rotatable bonds is 7. The van der Waals surface area contributed by atoms with Crippen LogP contribution in [0, 0.1) is 0 Å². The van der Waals surface area contributed by atoms with Crippen LogP contribution in [0.2, 0.25) is 0 Å². The molecule has 4 nitrogen and oxygen atoms in total. The van der Waals surface area contributed by atoms with Gasteiger partial charge in [0.1, 0.15) is 5.03 Å². The van der Waals surface area contributed by atoms with Gasteiger partial charge in [-0.3, -0.25) is 9.67 Å². The summed E-state index contributed by atoms with van der Waals surface area (Å²) >= 11 is 1.65. The third kappa shape index (κ3) is 5.09. The van der Waals surface area contributed by atoms with Crippen molar-refractivity contribution in [2.45, 2.75) is 49.3 Å². The van der Waals surface area contributed by atoms with Gasteiger partial charge in [-0.1, -0.05) is 24.8 Å². The van der Waals surface area contributed by atoms with Gasteiger partial charge in [0, 0.05) is 62.2 Å². The minimum atomic E-state index is -2.54. The van der Waals surface area contributed by atoms with Gasteiger partial charge in [0.05, 0.1) is 5.69 Å². The molecule has 2 aromatic heterocycles. The van der Waals surface area contributed by atoms with E-state index in [4.69, 9.17) is 4.98 Å². The van der Waals surface area contributed by atoms with Crippen LogP contribution >= 0.6 is 11.8 Å². The van der Waals surface area contributed by atoms with Crippen LogP contribution in [-0.2, 0) is 25.6 Å². The van der Waals surface area contributed by atoms with Crippen LogP contribution in [0.4, 0.5) is 14.5 Å². The zero-order chi connectivity index (χ0) is 19.4. The summed E-state index contributed by atoms with van der Waals surface area (Å²) in [7, 11) is 1.95. The molecule has 146 valence electrons. The number of allylic oxidation sites excluding steroid dienone is 1. The number of halogens is 2. The van der Waals surface area contributed by atoms with E-state index in [1.54, 1.807) is 11.8 Å². The van der Waals surface area contributed by atoms with Crippen molar-refractivity contribution in [3.63, 3.8) is 0 Å². The molecule has 0 aromatic carbocycles. The van der Waals surface area contributed by atoms with Crippen molar-refractivity contribution in [1.29, 1.82) is 0 Å². The van der Waals surface area contributed by atoms with Crippen LogP contribution < -0.4 is 4.90 Å². The van der Waals surface area contributed by atoms with Crippen molar-refractivity contribution in [3.05, 3.63) is 47.9 Å². The summed E-state index contributed by atoms with van der Waals surface area (Å²) in [5.74, 6) is -1.84. The van der Waals surface area contributed by atoms with Gasteiger partial charge in [-0.05, 0) is 24.6 Å². The van der Waals surface area contributed by atoms with E-state index in [-0.39, 0.29) is 12.8 Å². The Balaban J connectivity index is 1.75. The molecule has 0 saturated carbocycles. The van der Waals surface area contributed by atoms with Crippen LogP contribution in [0.25, 0.3) is 0 Å². The molecule has 1 fully saturated rings. The molecule has 1 aliphatic rings. The number of thioether (sulfide) groups is 1. The third-order valence-electron chi connectivity index (χ3n) is 4.81. The van der Waals surface area contributed by atoms with E-state index in [0.717, 1.165) is 28.5 Å². The van der Waals surface area contributed by atoms with Crippen LogP contribution in [0.5, 0.6) is 0 Å². The fourth-order valence-electron chi connectivity index (χ4n) is 3.26. The Bertz CT molecular complexity index is 793. The average Bonchev–Trinajstić information content (AvgIpc) is 3.00. The second kappa shape index (κ2) is 8.42. The molecule has 1 saturated heterocycles. The van der Waals surface area contributed by atoms with Gasteiger partial charge in [-0.25, -0.2) is 8.78 Å². The van der Waals surface area contributed by atoms with Crippen molar-refractivity contribution in [1.82, 2.24) is 14.8 Å². The first-order chi connectivity index (χ1) is 12.9. The maximum absolute atomic E-state index is 13.5. The van der Waals surface area contributed by atoms with E-state index in [0.29, 0.717) is 25.3 Å². The molecule has 0 spiro atoms. The second-order valence-electron chi connectivity index (χ2n) is 6.88. The van der Waals surface area contributed by atoms with Crippen LogP contribution in [0.3, 0.4) is 0 Å². The van der Waals surface area contributed by atoms with Gasteiger partial charge in [0.2, 0.25) is 0 Å². The van der Waals surface area contributed by atoms with Crippen molar-refractivity contribution < 1.29 is 8.78 Å². The normalized spacial score (nSPS) is 16.5. The smallest absolute Gasteiger partial charge is 0.251 e. The van der Waals surface area contributed by atoms with Crippen molar-refractivity contribution >= 4 is 17.4 Å². The molecule has 0 aliphatic carbocycles. The molecule has 0 unspecified atom stereocenters. The van der Waals surface area contributed by atoms with E-state index in [1.165, 1.54) is 5.69 Å². The highest BCUT2D eigenvalue weighted by Gasteiger charge is 2.34. The fraction of sp³-hybridized carbons (Fsp3) is 0.500. The summed E-state index contributed by atoms with van der Waals surface area (Å²) in [4.78, 5) is 6.75. The molecule has 0 atom stereocenters. The predicted octanol–water partition coefficient (Wildman–Crippen LogP) is 4.63. The lowest BCUT2D eigenvalue weighted by molar-refractivity contribution is -0.0220. The van der Waals surface area contributed by atoms with Gasteiger partial charge in [0.15, 0.2) is 0 Å². The van der Waals surface area contributed by atoms with E-state index in [9.17, 15) is 8.78 Å². The standard InChI is InChI=1S/C20H26F2N4S/c1-4-6-15-11-18(26-9-7-20(21,22)8-10-26)12-16(23-15)14-27-19-13-17(5-2)25(3)24-19/h4,11-13H,1,5-10,14H2,2-3H3. The van der Waals surface area contributed by atoms with Gasteiger partial charge >= 0.3 is 0 Å². The summed E-state index contributed by atoms with van der Waals surface area (Å²) in [5, 5.41) is 5.50. The first kappa shape index (κ1) is 19.9. The number of aromatic nitrogens is 3. The van der Waals surface area contributed by atoms with Crippen molar-refractivity contribution in [3.8, 4) is 0 Å². The zero-order valence-corrected chi connectivity index (χ0v) is 16.7. The number of pyridine rings is 1. The number of nitrogens with zero attached hydrogens (tertiary/aromatic N) is 4. The minimum absolute atomic E-state index is 0.0933. The number of anilines is 1. The highest BCUT2D eigenvalue weighted by molar-refractivity contribution is 7.98. The quantitative estimate of drug-likeness (QED) is 0.508. The number of alkyl halides is 2. The van der Waals surface area contributed by atoms with E-state index in [2.05, 4.69) is 24.7 Å². The maximum Gasteiger partial charge on any atom is 0.251 e. The Morgan fingerprint density at radius 3 is 2.56 bits per heavy atom. The molecule has 0 bridgehead atoms. The summed E-state index contributed by atoms with van der Waals surface area (Å²) in [6.07, 6.45) is 3.24. The number of hydrogen-bond acceptors (Lipinski definition) is 4. The Kier molecular flexibility index (Phi) is 6.19. The lowest BCUT2D eigenvalue weighted by atomic mass is 10.1. The number of piperidine rings is 1. The second-order valence-corrected chi connectivity index (χ2v) is 7.88. The fourth-order valence-corrected chi connectivity index (χ4v) is 4.10. The molecule has 7 heteroatoms. The SMILES string of the molecule is C=CCc1cc(N2CCC(F)(F)CC2)cc(CSc2cc(CC)n(C)n2)n1. The highest BCUT2D eigenvalue weighted by Crippen LogP contribution is 2.32. The lowest BCUT2D eigenvalue weighted by Gasteiger charge is -2.33. The van der Waals surface area contributed by atoms with Gasteiger partial charge in [0.25, 0.3) is 5.92 Å². The Labute approximate surface area is 163 Å². The minimum Gasteiger partial charge on any atom is -0.371 e. The van der Waals surface area contributed by atoms with E-state index >= 15 is 0 Å². The molecule has 27 heavy (non-hydrogen) atoms. The molecular weight excluding hydrogens is 366 g/mol. The molecule has 3 heterocycles. The van der Waals surface area contributed by atoms with E-state index < -0.39 is 5.92 Å². The van der Waals surface area contributed by atoms with Crippen LogP contribution in [-0.4, -0.2) is 33.8 Å². The van der Waals surface area contributed by atoms with Crippen LogP contribution in [0.1, 0.15) is 36.8 Å². The summed E-state index contributed by atoms with van der Waals surface area (Å²) in [6, 6.07) is 6.12. The first-order valence-electron chi connectivity index (χ1n) is 9.29. The topological polar surface area (TPSA) is 34.0 Å². The zero-order valence-electron chi connectivity index (χ0n) is 15.9. The largest absolute Gasteiger partial charge is 0.371 e. The summed E-state index contributed by atoms with van der Waals surface area (Å²) in [5.41, 5.74) is 4.03. The molecule has 2 aromatic rings. The monoisotopic (exact) mass is 392 g/mol. The Hall–Kier alpha value is -1.89. The number of hydrogen-bond donors (Lipinski definition) is 0. The van der Waals surface area contributed by atoms with Crippen molar-refractivity contribution in [2.75, 3.05) is 18.0 Å². The van der Waals surface area contributed by atoms with Gasteiger partial charge < -0.3 is 4.90 Å². The average molecular weight is 393 g/mol. The Morgan fingerprint density at radius 2 is 1.93 bits per heavy atom. The summed E-state index contributed by atoms with van der Waals surface area (Å²) in [6.45, 7) is 6.65. The molecule has 0 N–H and O–H groups in total. The third-order valence-corrected chi connectivity index (χ3v) is 5.75. The van der Waals surface area contributed by atoms with Gasteiger partial charge in [-0.2, -0.15) is 5.10 Å². The maximum atomic E-state index is 13.5. The molecule has 0 amide bonds. The molecule has 1 aliphatic heterocycles. The first-order valence-corrected chi connectivity index (χ1v) is 10.3. The van der Waals surface area contributed by atoms with Crippen molar-refractivity contribution in [2.24, 2.45) is 7.05 Å². The lowest BCUT2D eigenvalue weighted by Crippen LogP contribution is -2.39. The Morgan fingerprint density at radius 1 is 1.22 bits per heavy atom. The summed E-state index contributed by atoms with van der Waals surface area (Å²) < 4.78 is 28.9. The number of aryl methyl sites for hydroxylation is 2. The molecule has 0 radical (unpaired) electrons. The van der Waals surface area contributed by atoms with Crippen LogP contribution in [0.15, 0.2) is 35.9 Å². The van der Waals surface area contributed by atoms with Gasteiger partial charge in [-0.15, -0.1) is 6.58 Å². The molecular formula is C20H26F2N4S. The predicted molar refractivity (Wildman–Crippen MR) is 107 cm³/mol. The van der Waals surface area contributed by atoms with E-state index in [1.807, 2.05) is 34.8 Å². The highest BCUT2D eigenvalue weighted by atomic mass is 32.2.